The first-order valence-electron chi connectivity index (χ1n) is 9.81. The Morgan fingerprint density at radius 3 is 2.54 bits per heavy atom. The standard InChI is InChI=1S/C20H25FN4O3/c1-13-2-5-15(21)12-16(13)24-8-10-25(11-9-24)17(26)6-7-20(14-3-4-14)18(27)22-19(28)23-20/h2,5,12,14H,3-4,6-11H2,1H3,(H2,22,23,27,28). The second-order valence-electron chi connectivity index (χ2n) is 7.95. The third kappa shape index (κ3) is 3.43. The molecule has 0 spiro atoms. The number of aryl methyl sites for hydroxylation is 1. The van der Waals surface area contributed by atoms with Crippen LogP contribution in [0, 0.1) is 18.7 Å². The SMILES string of the molecule is Cc1ccc(F)cc1N1CCN(C(=O)CCC2(C3CC3)NC(=O)NC2=O)CC1. The Balaban J connectivity index is 1.34. The molecule has 2 saturated heterocycles. The summed E-state index contributed by atoms with van der Waals surface area (Å²) in [7, 11) is 0. The molecular formula is C20H25FN4O3. The zero-order valence-corrected chi connectivity index (χ0v) is 16.0. The van der Waals surface area contributed by atoms with Crippen LogP contribution in [0.4, 0.5) is 14.9 Å². The number of piperazine rings is 1. The van der Waals surface area contributed by atoms with Crippen LogP contribution in [0.5, 0.6) is 0 Å². The number of carbonyl (C=O) groups is 3. The number of rotatable bonds is 5. The van der Waals surface area contributed by atoms with Gasteiger partial charge in [0.05, 0.1) is 0 Å². The highest BCUT2D eigenvalue weighted by Crippen LogP contribution is 2.43. The first-order chi connectivity index (χ1) is 13.4. The van der Waals surface area contributed by atoms with Crippen LogP contribution in [0.1, 0.15) is 31.2 Å². The predicted molar refractivity (Wildman–Crippen MR) is 101 cm³/mol. The summed E-state index contributed by atoms with van der Waals surface area (Å²) in [6, 6.07) is 4.28. The van der Waals surface area contributed by atoms with E-state index in [9.17, 15) is 18.8 Å². The van der Waals surface area contributed by atoms with E-state index in [1.54, 1.807) is 11.0 Å². The molecule has 28 heavy (non-hydrogen) atoms. The molecule has 3 aliphatic rings. The van der Waals surface area contributed by atoms with E-state index >= 15 is 0 Å². The van der Waals surface area contributed by atoms with E-state index in [4.69, 9.17) is 0 Å². The minimum absolute atomic E-state index is 0.00964. The first kappa shape index (κ1) is 18.7. The summed E-state index contributed by atoms with van der Waals surface area (Å²) in [4.78, 5) is 40.5. The Kier molecular flexibility index (Phi) is 4.72. The van der Waals surface area contributed by atoms with Gasteiger partial charge in [-0.2, -0.15) is 0 Å². The number of halogens is 1. The van der Waals surface area contributed by atoms with Crippen molar-refractivity contribution in [2.24, 2.45) is 5.92 Å². The number of hydrogen-bond acceptors (Lipinski definition) is 4. The predicted octanol–water partition coefficient (Wildman–Crippen LogP) is 1.55. The van der Waals surface area contributed by atoms with Crippen molar-refractivity contribution < 1.29 is 18.8 Å². The van der Waals surface area contributed by atoms with Crippen LogP contribution in [0.25, 0.3) is 0 Å². The van der Waals surface area contributed by atoms with E-state index in [-0.39, 0.29) is 30.0 Å². The molecule has 2 aliphatic heterocycles. The van der Waals surface area contributed by atoms with Gasteiger partial charge in [0.25, 0.3) is 5.91 Å². The van der Waals surface area contributed by atoms with Gasteiger partial charge in [-0.1, -0.05) is 6.07 Å². The van der Waals surface area contributed by atoms with E-state index in [0.717, 1.165) is 24.1 Å². The molecule has 0 radical (unpaired) electrons. The van der Waals surface area contributed by atoms with Crippen molar-refractivity contribution in [1.82, 2.24) is 15.5 Å². The molecule has 4 amide bonds. The third-order valence-electron chi connectivity index (χ3n) is 6.12. The number of imide groups is 1. The average molecular weight is 388 g/mol. The van der Waals surface area contributed by atoms with Gasteiger partial charge in [-0.25, -0.2) is 9.18 Å². The molecule has 1 aromatic rings. The van der Waals surface area contributed by atoms with Crippen LogP contribution in [-0.4, -0.2) is 54.5 Å². The molecule has 2 N–H and O–H groups in total. The van der Waals surface area contributed by atoms with E-state index in [1.165, 1.54) is 12.1 Å². The largest absolute Gasteiger partial charge is 0.368 e. The second kappa shape index (κ2) is 7.07. The number of nitrogens with one attached hydrogen (secondary N) is 2. The molecule has 1 aliphatic carbocycles. The summed E-state index contributed by atoms with van der Waals surface area (Å²) < 4.78 is 13.6. The number of anilines is 1. The van der Waals surface area contributed by atoms with Crippen LogP contribution in [0.2, 0.25) is 0 Å². The van der Waals surface area contributed by atoms with E-state index in [1.807, 2.05) is 6.92 Å². The summed E-state index contributed by atoms with van der Waals surface area (Å²) in [5.74, 6) is -0.454. The lowest BCUT2D eigenvalue weighted by Crippen LogP contribution is -2.52. The molecule has 150 valence electrons. The highest BCUT2D eigenvalue weighted by molar-refractivity contribution is 6.07. The molecule has 1 atom stereocenters. The maximum atomic E-state index is 13.6. The van der Waals surface area contributed by atoms with Crippen LogP contribution >= 0.6 is 0 Å². The van der Waals surface area contributed by atoms with E-state index in [2.05, 4.69) is 15.5 Å². The Morgan fingerprint density at radius 2 is 1.93 bits per heavy atom. The van der Waals surface area contributed by atoms with E-state index < -0.39 is 11.6 Å². The van der Waals surface area contributed by atoms with Gasteiger partial charge in [0.2, 0.25) is 5.91 Å². The van der Waals surface area contributed by atoms with Gasteiger partial charge in [-0.15, -0.1) is 0 Å². The molecule has 7 nitrogen and oxygen atoms in total. The molecule has 1 unspecified atom stereocenters. The van der Waals surface area contributed by atoms with Gasteiger partial charge in [0.15, 0.2) is 0 Å². The quantitative estimate of drug-likeness (QED) is 0.750. The Bertz CT molecular complexity index is 818. The lowest BCUT2D eigenvalue weighted by Gasteiger charge is -2.37. The molecule has 3 fully saturated rings. The van der Waals surface area contributed by atoms with Crippen molar-refractivity contribution in [3.05, 3.63) is 29.6 Å². The zero-order valence-electron chi connectivity index (χ0n) is 16.0. The number of benzene rings is 1. The average Bonchev–Trinajstić information content (AvgIpc) is 3.48. The van der Waals surface area contributed by atoms with Gasteiger partial charge in [-0.3, -0.25) is 14.9 Å². The van der Waals surface area contributed by atoms with Gasteiger partial charge >= 0.3 is 6.03 Å². The minimum atomic E-state index is -0.923. The Morgan fingerprint density at radius 1 is 1.21 bits per heavy atom. The topological polar surface area (TPSA) is 81.8 Å². The lowest BCUT2D eigenvalue weighted by atomic mass is 9.87. The highest BCUT2D eigenvalue weighted by atomic mass is 19.1. The molecule has 4 rings (SSSR count). The lowest BCUT2D eigenvalue weighted by molar-refractivity contribution is -0.132. The fourth-order valence-electron chi connectivity index (χ4n) is 4.33. The maximum Gasteiger partial charge on any atom is 0.322 e. The number of carbonyl (C=O) groups excluding carboxylic acids is 3. The summed E-state index contributed by atoms with van der Waals surface area (Å²) >= 11 is 0. The molecule has 2 heterocycles. The molecule has 1 aromatic carbocycles. The smallest absolute Gasteiger partial charge is 0.322 e. The van der Waals surface area contributed by atoms with Crippen LogP contribution in [-0.2, 0) is 9.59 Å². The van der Waals surface area contributed by atoms with Gasteiger partial charge in [-0.05, 0) is 49.8 Å². The summed E-state index contributed by atoms with van der Waals surface area (Å²) in [6.07, 6.45) is 2.35. The van der Waals surface area contributed by atoms with Crippen molar-refractivity contribution in [2.45, 2.75) is 38.1 Å². The van der Waals surface area contributed by atoms with Gasteiger partial charge < -0.3 is 15.1 Å². The molecule has 0 aromatic heterocycles. The maximum absolute atomic E-state index is 13.6. The van der Waals surface area contributed by atoms with E-state index in [0.29, 0.717) is 32.6 Å². The summed E-state index contributed by atoms with van der Waals surface area (Å²) in [5.41, 5.74) is 0.952. The normalized spacial score (nSPS) is 24.9. The highest BCUT2D eigenvalue weighted by Gasteiger charge is 2.55. The molecule has 1 saturated carbocycles. The second-order valence-corrected chi connectivity index (χ2v) is 7.95. The first-order valence-corrected chi connectivity index (χ1v) is 9.81. The fourth-order valence-corrected chi connectivity index (χ4v) is 4.33. The monoisotopic (exact) mass is 388 g/mol. The van der Waals surface area contributed by atoms with Crippen LogP contribution in [0.3, 0.4) is 0 Å². The minimum Gasteiger partial charge on any atom is -0.368 e. The number of urea groups is 1. The van der Waals surface area contributed by atoms with Gasteiger partial charge in [0.1, 0.15) is 11.4 Å². The van der Waals surface area contributed by atoms with Crippen molar-refractivity contribution >= 4 is 23.5 Å². The van der Waals surface area contributed by atoms with Crippen LogP contribution in [0.15, 0.2) is 18.2 Å². The molecule has 8 heteroatoms. The number of nitrogens with zero attached hydrogens (tertiary/aromatic N) is 2. The van der Waals surface area contributed by atoms with Crippen LogP contribution < -0.4 is 15.5 Å². The zero-order chi connectivity index (χ0) is 19.9. The third-order valence-corrected chi connectivity index (χ3v) is 6.12. The number of hydrogen-bond donors (Lipinski definition) is 2. The summed E-state index contributed by atoms with van der Waals surface area (Å²) in [5, 5.41) is 5.08. The fraction of sp³-hybridized carbons (Fsp3) is 0.550. The molecule has 0 bridgehead atoms. The Hall–Kier alpha value is -2.64. The Labute approximate surface area is 163 Å². The van der Waals surface area contributed by atoms with Crippen molar-refractivity contribution in [2.75, 3.05) is 31.1 Å². The molecular weight excluding hydrogens is 363 g/mol. The van der Waals surface area contributed by atoms with Crippen molar-refractivity contribution in [1.29, 1.82) is 0 Å². The van der Waals surface area contributed by atoms with Gasteiger partial charge in [0, 0.05) is 38.3 Å². The van der Waals surface area contributed by atoms with Crippen molar-refractivity contribution in [3.63, 3.8) is 0 Å². The number of amides is 4. The van der Waals surface area contributed by atoms with Crippen molar-refractivity contribution in [3.8, 4) is 0 Å². The summed E-state index contributed by atoms with van der Waals surface area (Å²) in [6.45, 7) is 4.35.